The molecule has 3 nitrogen and oxygen atoms in total. The minimum atomic E-state index is 0.642. The first-order chi connectivity index (χ1) is 6.77. The van der Waals surface area contributed by atoms with E-state index in [4.69, 9.17) is 4.74 Å². The molecule has 0 saturated heterocycles. The van der Waals surface area contributed by atoms with Crippen molar-refractivity contribution in [1.29, 1.82) is 0 Å². The SMILES string of the molecule is CCCOCc1nn(CCC)cc1I. The molecule has 1 aromatic rings. The van der Waals surface area contributed by atoms with E-state index in [-0.39, 0.29) is 0 Å². The molecule has 0 fully saturated rings. The Hall–Kier alpha value is -0.100. The minimum Gasteiger partial charge on any atom is -0.375 e. The van der Waals surface area contributed by atoms with Crippen LogP contribution in [0.15, 0.2) is 6.20 Å². The van der Waals surface area contributed by atoms with Crippen LogP contribution in [0, 0.1) is 3.57 Å². The van der Waals surface area contributed by atoms with Gasteiger partial charge in [0.15, 0.2) is 0 Å². The van der Waals surface area contributed by atoms with Gasteiger partial charge in [0.2, 0.25) is 0 Å². The molecule has 80 valence electrons. The standard InChI is InChI=1S/C10H17IN2O/c1-3-5-13-7-9(11)10(12-13)8-14-6-4-2/h7H,3-6,8H2,1-2H3. The molecule has 0 spiro atoms. The van der Waals surface area contributed by atoms with Crippen LogP contribution < -0.4 is 0 Å². The number of aryl methyl sites for hydroxylation is 1. The number of hydrogen-bond acceptors (Lipinski definition) is 2. The van der Waals surface area contributed by atoms with E-state index in [9.17, 15) is 0 Å². The zero-order chi connectivity index (χ0) is 10.4. The topological polar surface area (TPSA) is 27.1 Å². The molecule has 1 aromatic heterocycles. The van der Waals surface area contributed by atoms with Gasteiger partial charge in [0, 0.05) is 19.3 Å². The van der Waals surface area contributed by atoms with E-state index in [1.807, 2.05) is 4.68 Å². The number of rotatable bonds is 6. The molecular weight excluding hydrogens is 291 g/mol. The highest BCUT2D eigenvalue weighted by Gasteiger charge is 2.05. The summed E-state index contributed by atoms with van der Waals surface area (Å²) in [5.74, 6) is 0. The summed E-state index contributed by atoms with van der Waals surface area (Å²) < 4.78 is 8.65. The van der Waals surface area contributed by atoms with Crippen LogP contribution in [0.4, 0.5) is 0 Å². The lowest BCUT2D eigenvalue weighted by Crippen LogP contribution is -2.00. The molecule has 0 bridgehead atoms. The van der Waals surface area contributed by atoms with Gasteiger partial charge in [0.25, 0.3) is 0 Å². The third-order valence-corrected chi connectivity index (χ3v) is 2.73. The summed E-state index contributed by atoms with van der Waals surface area (Å²) in [5.41, 5.74) is 1.06. The van der Waals surface area contributed by atoms with Crippen molar-refractivity contribution < 1.29 is 4.74 Å². The normalized spacial score (nSPS) is 10.8. The van der Waals surface area contributed by atoms with Crippen molar-refractivity contribution in [1.82, 2.24) is 9.78 Å². The van der Waals surface area contributed by atoms with E-state index in [0.717, 1.165) is 31.7 Å². The van der Waals surface area contributed by atoms with E-state index in [1.54, 1.807) is 0 Å². The van der Waals surface area contributed by atoms with Crippen molar-refractivity contribution in [2.75, 3.05) is 6.61 Å². The van der Waals surface area contributed by atoms with Gasteiger partial charge >= 0.3 is 0 Å². The van der Waals surface area contributed by atoms with Gasteiger partial charge in [-0.2, -0.15) is 5.10 Å². The van der Waals surface area contributed by atoms with Gasteiger partial charge in [-0.05, 0) is 35.4 Å². The molecule has 0 aliphatic carbocycles. The van der Waals surface area contributed by atoms with Crippen LogP contribution >= 0.6 is 22.6 Å². The fourth-order valence-electron chi connectivity index (χ4n) is 1.19. The lowest BCUT2D eigenvalue weighted by molar-refractivity contribution is 0.118. The number of aromatic nitrogens is 2. The fraction of sp³-hybridized carbons (Fsp3) is 0.700. The van der Waals surface area contributed by atoms with E-state index in [1.165, 1.54) is 3.57 Å². The molecule has 0 N–H and O–H groups in total. The Morgan fingerprint density at radius 1 is 1.43 bits per heavy atom. The summed E-state index contributed by atoms with van der Waals surface area (Å²) in [6.07, 6.45) is 4.26. The first kappa shape index (κ1) is 12.0. The quantitative estimate of drug-likeness (QED) is 0.597. The number of hydrogen-bond donors (Lipinski definition) is 0. The van der Waals surface area contributed by atoms with Crippen molar-refractivity contribution in [2.45, 2.75) is 39.8 Å². The molecule has 0 atom stereocenters. The summed E-state index contributed by atoms with van der Waals surface area (Å²) in [7, 11) is 0. The Bertz CT molecular complexity index is 273. The van der Waals surface area contributed by atoms with Crippen LogP contribution in [0.3, 0.4) is 0 Å². The summed E-state index contributed by atoms with van der Waals surface area (Å²) in [6, 6.07) is 0. The van der Waals surface area contributed by atoms with E-state index in [2.05, 4.69) is 47.7 Å². The van der Waals surface area contributed by atoms with E-state index < -0.39 is 0 Å². The zero-order valence-corrected chi connectivity index (χ0v) is 11.0. The van der Waals surface area contributed by atoms with Crippen LogP contribution in [0.1, 0.15) is 32.4 Å². The van der Waals surface area contributed by atoms with Gasteiger partial charge in [-0.15, -0.1) is 0 Å². The van der Waals surface area contributed by atoms with Crippen LogP contribution in [-0.4, -0.2) is 16.4 Å². The molecule has 0 aliphatic heterocycles. The van der Waals surface area contributed by atoms with Crippen LogP contribution in [0.2, 0.25) is 0 Å². The number of halogens is 1. The second-order valence-corrected chi connectivity index (χ2v) is 4.40. The number of ether oxygens (including phenoxy) is 1. The maximum absolute atomic E-state index is 5.46. The third kappa shape index (κ3) is 3.57. The predicted molar refractivity (Wildman–Crippen MR) is 65.2 cm³/mol. The average Bonchev–Trinajstić information content (AvgIpc) is 2.48. The van der Waals surface area contributed by atoms with Gasteiger partial charge in [-0.25, -0.2) is 0 Å². The number of nitrogens with zero attached hydrogens (tertiary/aromatic N) is 2. The largest absolute Gasteiger partial charge is 0.375 e. The highest BCUT2D eigenvalue weighted by Crippen LogP contribution is 2.11. The molecule has 14 heavy (non-hydrogen) atoms. The van der Waals surface area contributed by atoms with Crippen molar-refractivity contribution in [3.05, 3.63) is 15.5 Å². The van der Waals surface area contributed by atoms with Gasteiger partial charge in [-0.1, -0.05) is 13.8 Å². The first-order valence-electron chi connectivity index (χ1n) is 5.07. The fourth-order valence-corrected chi connectivity index (χ4v) is 1.78. The molecule has 1 heterocycles. The summed E-state index contributed by atoms with van der Waals surface area (Å²) >= 11 is 2.31. The van der Waals surface area contributed by atoms with E-state index >= 15 is 0 Å². The smallest absolute Gasteiger partial charge is 0.101 e. The Kier molecular flexibility index (Phi) is 5.47. The van der Waals surface area contributed by atoms with Crippen LogP contribution in [0.5, 0.6) is 0 Å². The Morgan fingerprint density at radius 2 is 2.21 bits per heavy atom. The van der Waals surface area contributed by atoms with Crippen molar-refractivity contribution in [3.63, 3.8) is 0 Å². The molecule has 0 saturated carbocycles. The molecule has 0 aromatic carbocycles. The lowest BCUT2D eigenvalue weighted by atomic mass is 10.4. The van der Waals surface area contributed by atoms with Crippen molar-refractivity contribution in [2.24, 2.45) is 0 Å². The predicted octanol–water partition coefficient (Wildman–Crippen LogP) is 2.82. The second-order valence-electron chi connectivity index (χ2n) is 3.24. The molecule has 0 aliphatic rings. The summed E-state index contributed by atoms with van der Waals surface area (Å²) in [5, 5.41) is 4.46. The molecule has 0 unspecified atom stereocenters. The average molecular weight is 308 g/mol. The van der Waals surface area contributed by atoms with Crippen molar-refractivity contribution in [3.8, 4) is 0 Å². The third-order valence-electron chi connectivity index (χ3n) is 1.83. The molecule has 1 rings (SSSR count). The Labute approximate surface area is 99.0 Å². The molecule has 0 radical (unpaired) electrons. The van der Waals surface area contributed by atoms with Gasteiger partial charge in [0.05, 0.1) is 10.2 Å². The van der Waals surface area contributed by atoms with Crippen LogP contribution in [-0.2, 0) is 17.9 Å². The maximum atomic E-state index is 5.46. The highest BCUT2D eigenvalue weighted by molar-refractivity contribution is 14.1. The molecular formula is C10H17IN2O. The van der Waals surface area contributed by atoms with Gasteiger partial charge in [-0.3, -0.25) is 4.68 Å². The minimum absolute atomic E-state index is 0.642. The second kappa shape index (κ2) is 6.40. The molecule has 0 amide bonds. The first-order valence-corrected chi connectivity index (χ1v) is 6.15. The lowest BCUT2D eigenvalue weighted by Gasteiger charge is -1.99. The summed E-state index contributed by atoms with van der Waals surface area (Å²) in [6.45, 7) is 6.71. The monoisotopic (exact) mass is 308 g/mol. The summed E-state index contributed by atoms with van der Waals surface area (Å²) in [4.78, 5) is 0. The maximum Gasteiger partial charge on any atom is 0.101 e. The van der Waals surface area contributed by atoms with Crippen LogP contribution in [0.25, 0.3) is 0 Å². The zero-order valence-electron chi connectivity index (χ0n) is 8.79. The Morgan fingerprint density at radius 3 is 2.86 bits per heavy atom. The van der Waals surface area contributed by atoms with Crippen molar-refractivity contribution >= 4 is 22.6 Å². The van der Waals surface area contributed by atoms with Gasteiger partial charge < -0.3 is 4.74 Å². The highest BCUT2D eigenvalue weighted by atomic mass is 127. The van der Waals surface area contributed by atoms with Gasteiger partial charge in [0.1, 0.15) is 5.69 Å². The van der Waals surface area contributed by atoms with E-state index in [0.29, 0.717) is 6.61 Å². The molecule has 4 heteroatoms. The Balaban J connectivity index is 2.49.